The van der Waals surface area contributed by atoms with Gasteiger partial charge in [0.1, 0.15) is 6.04 Å². The molecule has 0 radical (unpaired) electrons. The minimum absolute atomic E-state index is 0.109. The third-order valence-corrected chi connectivity index (χ3v) is 8.47. The molecular weight excluding hydrogens is 482 g/mol. The van der Waals surface area contributed by atoms with Crippen molar-refractivity contribution in [2.24, 2.45) is 0 Å². The van der Waals surface area contributed by atoms with E-state index in [1.54, 1.807) is 43.4 Å². The van der Waals surface area contributed by atoms with Gasteiger partial charge in [0.15, 0.2) is 0 Å². The fourth-order valence-corrected chi connectivity index (χ4v) is 6.57. The maximum absolute atomic E-state index is 12.5. The van der Waals surface area contributed by atoms with Gasteiger partial charge in [-0.2, -0.15) is 0 Å². The Labute approximate surface area is 212 Å². The van der Waals surface area contributed by atoms with Crippen molar-refractivity contribution in [3.05, 3.63) is 58.9 Å². The first kappa shape index (κ1) is 23.8. The van der Waals surface area contributed by atoms with Gasteiger partial charge in [-0.1, -0.05) is 35.7 Å². The highest BCUT2D eigenvalue weighted by atomic mass is 32.2. The van der Waals surface area contributed by atoms with E-state index < -0.39 is 6.04 Å². The van der Waals surface area contributed by atoms with Crippen molar-refractivity contribution in [2.75, 3.05) is 43.1 Å². The van der Waals surface area contributed by atoms with Crippen LogP contribution in [0.3, 0.4) is 0 Å². The van der Waals surface area contributed by atoms with Crippen molar-refractivity contribution in [3.63, 3.8) is 0 Å². The number of nitrogens with zero attached hydrogens (tertiary/aromatic N) is 1. The summed E-state index contributed by atoms with van der Waals surface area (Å²) in [5, 5.41) is 3.23. The molecule has 35 heavy (non-hydrogen) atoms. The van der Waals surface area contributed by atoms with Gasteiger partial charge in [-0.15, -0.1) is 0 Å². The number of esters is 1. The first-order valence-electron chi connectivity index (χ1n) is 11.6. The van der Waals surface area contributed by atoms with Gasteiger partial charge in [0.05, 0.1) is 25.5 Å². The summed E-state index contributed by atoms with van der Waals surface area (Å²) in [6, 6.07) is 15.6. The number of anilines is 2. The zero-order valence-electron chi connectivity index (χ0n) is 19.6. The summed E-state index contributed by atoms with van der Waals surface area (Å²) in [5.41, 5.74) is 3.51. The highest BCUT2D eigenvalue weighted by Crippen LogP contribution is 2.52. The maximum atomic E-state index is 12.5. The summed E-state index contributed by atoms with van der Waals surface area (Å²) >= 11 is 3.39. The first-order valence-corrected chi connectivity index (χ1v) is 13.3. The number of hydrogen-bond acceptors (Lipinski definition) is 8. The number of hydrogen-bond donors (Lipinski definition) is 2. The summed E-state index contributed by atoms with van der Waals surface area (Å²) in [6.45, 7) is 6.85. The van der Waals surface area contributed by atoms with Gasteiger partial charge in [-0.25, -0.2) is 4.79 Å². The van der Waals surface area contributed by atoms with Crippen LogP contribution in [0, 0.1) is 0 Å². The number of fused-ring (bicyclic) bond motifs is 2. The van der Waals surface area contributed by atoms with E-state index in [0.29, 0.717) is 19.8 Å². The SMILES string of the molecule is CCOC(=O)C(C)Nc1ccc2c(c1)Sc1cccc(-c3cc(N4CCOCC4)cc(=O)[nH]3)c1S2. The molecule has 2 N–H and O–H groups in total. The first-order chi connectivity index (χ1) is 17.0. The molecule has 0 spiro atoms. The second kappa shape index (κ2) is 10.4. The number of nitrogens with one attached hydrogen (secondary N) is 2. The number of aromatic amines is 1. The van der Waals surface area contributed by atoms with Gasteiger partial charge in [0, 0.05) is 55.7 Å². The van der Waals surface area contributed by atoms with Gasteiger partial charge < -0.3 is 24.7 Å². The van der Waals surface area contributed by atoms with E-state index in [0.717, 1.165) is 55.3 Å². The van der Waals surface area contributed by atoms with Gasteiger partial charge in [0.25, 0.3) is 0 Å². The predicted molar refractivity (Wildman–Crippen MR) is 140 cm³/mol. The largest absolute Gasteiger partial charge is 0.464 e. The van der Waals surface area contributed by atoms with Crippen molar-refractivity contribution in [3.8, 4) is 11.3 Å². The smallest absolute Gasteiger partial charge is 0.328 e. The Morgan fingerprint density at radius 1 is 1.11 bits per heavy atom. The van der Waals surface area contributed by atoms with E-state index in [2.05, 4.69) is 45.5 Å². The molecule has 1 atom stereocenters. The molecule has 9 heteroatoms. The second-order valence-corrected chi connectivity index (χ2v) is 10.5. The lowest BCUT2D eigenvalue weighted by atomic mass is 10.1. The lowest BCUT2D eigenvalue weighted by Crippen LogP contribution is -2.36. The molecule has 5 rings (SSSR count). The number of aromatic nitrogens is 1. The molecule has 2 aliphatic heterocycles. The number of H-pyrrole nitrogens is 1. The summed E-state index contributed by atoms with van der Waals surface area (Å²) in [5.74, 6) is -0.268. The number of carbonyl (C=O) groups is 1. The molecule has 182 valence electrons. The molecule has 3 heterocycles. The van der Waals surface area contributed by atoms with Crippen LogP contribution in [-0.4, -0.2) is 49.9 Å². The van der Waals surface area contributed by atoms with Gasteiger partial charge in [-0.3, -0.25) is 4.79 Å². The van der Waals surface area contributed by atoms with Gasteiger partial charge in [-0.05, 0) is 44.2 Å². The summed E-state index contributed by atoms with van der Waals surface area (Å²) < 4.78 is 10.6. The lowest BCUT2D eigenvalue weighted by molar-refractivity contribution is -0.143. The van der Waals surface area contributed by atoms with Crippen LogP contribution in [0.1, 0.15) is 13.8 Å². The zero-order valence-corrected chi connectivity index (χ0v) is 21.3. The Hall–Kier alpha value is -2.88. The summed E-state index contributed by atoms with van der Waals surface area (Å²) in [6.07, 6.45) is 0. The molecule has 1 unspecified atom stereocenters. The Balaban J connectivity index is 1.42. The van der Waals surface area contributed by atoms with Crippen molar-refractivity contribution in [2.45, 2.75) is 39.5 Å². The predicted octanol–water partition coefficient (Wildman–Crippen LogP) is 4.86. The van der Waals surface area contributed by atoms with E-state index in [1.807, 2.05) is 12.1 Å². The van der Waals surface area contributed by atoms with Crippen LogP contribution >= 0.6 is 23.5 Å². The Morgan fingerprint density at radius 2 is 1.94 bits per heavy atom. The molecular formula is C26H27N3O4S2. The lowest BCUT2D eigenvalue weighted by Gasteiger charge is -2.29. The molecule has 0 amide bonds. The Bertz CT molecular complexity index is 1300. The third-order valence-electron chi connectivity index (χ3n) is 5.87. The highest BCUT2D eigenvalue weighted by Gasteiger charge is 2.23. The maximum Gasteiger partial charge on any atom is 0.328 e. The second-order valence-electron chi connectivity index (χ2n) is 8.33. The molecule has 2 aliphatic rings. The molecule has 7 nitrogen and oxygen atoms in total. The zero-order chi connectivity index (χ0) is 24.4. The van der Waals surface area contributed by atoms with Crippen LogP contribution in [0.5, 0.6) is 0 Å². The van der Waals surface area contributed by atoms with Gasteiger partial charge in [0.2, 0.25) is 5.56 Å². The summed E-state index contributed by atoms with van der Waals surface area (Å²) in [4.78, 5) is 34.3. The number of pyridine rings is 1. The molecule has 1 fully saturated rings. The van der Waals surface area contributed by atoms with E-state index in [1.165, 1.54) is 0 Å². The average Bonchev–Trinajstić information content (AvgIpc) is 2.87. The highest BCUT2D eigenvalue weighted by molar-refractivity contribution is 8.05. The molecule has 3 aromatic rings. The van der Waals surface area contributed by atoms with Crippen molar-refractivity contribution in [1.29, 1.82) is 0 Å². The number of benzene rings is 2. The molecule has 2 aromatic carbocycles. The van der Waals surface area contributed by atoms with E-state index in [-0.39, 0.29) is 11.5 Å². The molecule has 0 aliphatic carbocycles. The van der Waals surface area contributed by atoms with E-state index in [9.17, 15) is 9.59 Å². The van der Waals surface area contributed by atoms with Crippen LogP contribution in [0.2, 0.25) is 0 Å². The Kier molecular flexibility index (Phi) is 7.08. The number of morpholine rings is 1. The number of ether oxygens (including phenoxy) is 2. The van der Waals surface area contributed by atoms with Gasteiger partial charge >= 0.3 is 5.97 Å². The van der Waals surface area contributed by atoms with Crippen LogP contribution in [0.25, 0.3) is 11.3 Å². The summed E-state index contributed by atoms with van der Waals surface area (Å²) in [7, 11) is 0. The van der Waals surface area contributed by atoms with Crippen molar-refractivity contribution < 1.29 is 14.3 Å². The van der Waals surface area contributed by atoms with E-state index in [4.69, 9.17) is 9.47 Å². The Morgan fingerprint density at radius 3 is 2.74 bits per heavy atom. The third kappa shape index (κ3) is 5.22. The topological polar surface area (TPSA) is 83.7 Å². The minimum Gasteiger partial charge on any atom is -0.464 e. The van der Waals surface area contributed by atoms with E-state index >= 15 is 0 Å². The van der Waals surface area contributed by atoms with Crippen LogP contribution in [0.4, 0.5) is 11.4 Å². The monoisotopic (exact) mass is 509 g/mol. The van der Waals surface area contributed by atoms with Crippen molar-refractivity contribution >= 4 is 40.9 Å². The number of rotatable bonds is 6. The van der Waals surface area contributed by atoms with Crippen LogP contribution < -0.4 is 15.8 Å². The number of carbonyl (C=O) groups excluding carboxylic acids is 1. The average molecular weight is 510 g/mol. The minimum atomic E-state index is -0.427. The quantitative estimate of drug-likeness (QED) is 0.357. The molecule has 0 bridgehead atoms. The normalized spacial score (nSPS) is 15.7. The fraction of sp³-hybridized carbons (Fsp3) is 0.308. The standard InChI is InChI=1S/C26H27N3O4S2/c1-3-33-26(31)16(2)27-17-7-8-21-23(13-17)34-22-6-4-5-19(25(22)35-21)20-14-18(15-24(30)28-20)29-9-11-32-12-10-29/h4-8,13-16,27H,3,9-12H2,1-2H3,(H,28,30). The van der Waals surface area contributed by atoms with Crippen LogP contribution in [0.15, 0.2) is 72.9 Å². The van der Waals surface area contributed by atoms with Crippen molar-refractivity contribution in [1.82, 2.24) is 4.98 Å². The molecule has 0 saturated carbocycles. The molecule has 1 saturated heterocycles. The van der Waals surface area contributed by atoms with Crippen LogP contribution in [-0.2, 0) is 14.3 Å². The fourth-order valence-electron chi connectivity index (χ4n) is 4.16. The molecule has 1 aromatic heterocycles.